The fourth-order valence-corrected chi connectivity index (χ4v) is 4.10. The Kier molecular flexibility index (Phi) is 2.72. The number of thiophene rings is 1. The van der Waals surface area contributed by atoms with Gasteiger partial charge in [-0.2, -0.15) is 0 Å². The molecule has 90 valence electrons. The van der Waals surface area contributed by atoms with Crippen LogP contribution >= 0.6 is 11.3 Å². The lowest BCUT2D eigenvalue weighted by molar-refractivity contribution is 0.420. The van der Waals surface area contributed by atoms with Gasteiger partial charge in [-0.25, -0.2) is 0 Å². The Morgan fingerprint density at radius 1 is 1.41 bits per heavy atom. The lowest BCUT2D eigenvalue weighted by Crippen LogP contribution is -2.39. The average Bonchev–Trinajstić information content (AvgIpc) is 2.85. The summed E-state index contributed by atoms with van der Waals surface area (Å²) >= 11 is 1.84. The van der Waals surface area contributed by atoms with E-state index in [0.717, 1.165) is 12.3 Å². The van der Waals surface area contributed by atoms with Gasteiger partial charge in [0.25, 0.3) is 0 Å². The summed E-state index contributed by atoms with van der Waals surface area (Å²) in [5, 5.41) is 3.70. The molecule has 0 amide bonds. The molecule has 1 aromatic heterocycles. The third-order valence-corrected chi connectivity index (χ3v) is 5.01. The molecule has 0 aliphatic heterocycles. The molecule has 1 nitrogen and oxygen atoms in total. The van der Waals surface area contributed by atoms with Crippen LogP contribution in [0.2, 0.25) is 0 Å². The molecule has 1 fully saturated rings. The Labute approximate surface area is 107 Å². The second-order valence-corrected chi connectivity index (χ2v) is 6.56. The van der Waals surface area contributed by atoms with E-state index in [1.54, 1.807) is 0 Å². The molecule has 0 bridgehead atoms. The Morgan fingerprint density at radius 2 is 2.24 bits per heavy atom. The van der Waals surface area contributed by atoms with Crippen molar-refractivity contribution in [3.8, 4) is 0 Å². The fourth-order valence-electron chi connectivity index (χ4n) is 3.14. The molecule has 2 aromatic rings. The highest BCUT2D eigenvalue weighted by Crippen LogP contribution is 2.37. The smallest absolute Gasteiger partial charge is 0.0345 e. The molecule has 1 heterocycles. The first kappa shape index (κ1) is 11.2. The van der Waals surface area contributed by atoms with Crippen LogP contribution in [0.3, 0.4) is 0 Å². The minimum atomic E-state index is 0.0449. The summed E-state index contributed by atoms with van der Waals surface area (Å²) in [6.45, 7) is 2.32. The SMILES string of the molecule is CC1CCC(N)(Cc2csc3ccccc23)C1. The number of hydrogen-bond donors (Lipinski definition) is 1. The average molecular weight is 245 g/mol. The van der Waals surface area contributed by atoms with E-state index >= 15 is 0 Å². The lowest BCUT2D eigenvalue weighted by Gasteiger charge is -2.23. The summed E-state index contributed by atoms with van der Waals surface area (Å²) in [6, 6.07) is 8.66. The van der Waals surface area contributed by atoms with Crippen LogP contribution in [0.25, 0.3) is 10.1 Å². The van der Waals surface area contributed by atoms with Crippen LogP contribution in [-0.4, -0.2) is 5.54 Å². The molecule has 1 aliphatic carbocycles. The van der Waals surface area contributed by atoms with E-state index in [4.69, 9.17) is 5.73 Å². The van der Waals surface area contributed by atoms with Gasteiger partial charge in [0.05, 0.1) is 0 Å². The van der Waals surface area contributed by atoms with Crippen molar-refractivity contribution in [3.05, 3.63) is 35.2 Å². The number of rotatable bonds is 2. The molecule has 2 atom stereocenters. The lowest BCUT2D eigenvalue weighted by atomic mass is 9.89. The predicted octanol–water partition coefficient (Wildman–Crippen LogP) is 3.96. The van der Waals surface area contributed by atoms with E-state index < -0.39 is 0 Å². The van der Waals surface area contributed by atoms with Gasteiger partial charge < -0.3 is 5.73 Å². The molecule has 1 aromatic carbocycles. The normalized spacial score (nSPS) is 28.9. The van der Waals surface area contributed by atoms with Gasteiger partial charge in [0.1, 0.15) is 0 Å². The molecule has 1 aliphatic rings. The van der Waals surface area contributed by atoms with Crippen molar-refractivity contribution in [1.29, 1.82) is 0 Å². The number of hydrogen-bond acceptors (Lipinski definition) is 2. The van der Waals surface area contributed by atoms with Crippen molar-refractivity contribution < 1.29 is 0 Å². The van der Waals surface area contributed by atoms with E-state index in [1.807, 2.05) is 11.3 Å². The standard InChI is InChI=1S/C15H19NS/c1-11-6-7-15(16,8-11)9-12-10-17-14-5-3-2-4-13(12)14/h2-5,10-11H,6-9,16H2,1H3. The second kappa shape index (κ2) is 4.11. The highest BCUT2D eigenvalue weighted by atomic mass is 32.1. The maximum absolute atomic E-state index is 6.54. The molecular formula is C15H19NS. The Morgan fingerprint density at radius 3 is 3.00 bits per heavy atom. The molecule has 17 heavy (non-hydrogen) atoms. The summed E-state index contributed by atoms with van der Waals surface area (Å²) < 4.78 is 1.39. The van der Waals surface area contributed by atoms with Crippen LogP contribution in [0.4, 0.5) is 0 Å². The van der Waals surface area contributed by atoms with Gasteiger partial charge in [0.2, 0.25) is 0 Å². The van der Waals surface area contributed by atoms with Crippen molar-refractivity contribution in [2.75, 3.05) is 0 Å². The molecule has 2 N–H and O–H groups in total. The third-order valence-electron chi connectivity index (χ3n) is 3.99. The zero-order chi connectivity index (χ0) is 11.9. The van der Waals surface area contributed by atoms with Crippen LogP contribution in [0.5, 0.6) is 0 Å². The first-order valence-corrected chi connectivity index (χ1v) is 7.28. The van der Waals surface area contributed by atoms with Crippen molar-refractivity contribution >= 4 is 21.4 Å². The van der Waals surface area contributed by atoms with Crippen molar-refractivity contribution in [2.45, 2.75) is 38.1 Å². The number of fused-ring (bicyclic) bond motifs is 1. The predicted molar refractivity (Wildman–Crippen MR) is 75.5 cm³/mol. The van der Waals surface area contributed by atoms with E-state index in [1.165, 1.54) is 34.9 Å². The highest BCUT2D eigenvalue weighted by molar-refractivity contribution is 7.17. The van der Waals surface area contributed by atoms with Crippen LogP contribution in [-0.2, 0) is 6.42 Å². The van der Waals surface area contributed by atoms with Crippen molar-refractivity contribution in [2.24, 2.45) is 11.7 Å². The Bertz CT molecular complexity index is 530. The van der Waals surface area contributed by atoms with Crippen LogP contribution in [0, 0.1) is 5.92 Å². The Hall–Kier alpha value is -0.860. The van der Waals surface area contributed by atoms with Crippen molar-refractivity contribution in [3.63, 3.8) is 0 Å². The first-order chi connectivity index (χ1) is 8.16. The van der Waals surface area contributed by atoms with Crippen LogP contribution < -0.4 is 5.73 Å². The molecule has 0 saturated heterocycles. The van der Waals surface area contributed by atoms with Gasteiger partial charge in [-0.3, -0.25) is 0 Å². The van der Waals surface area contributed by atoms with Crippen LogP contribution in [0.15, 0.2) is 29.6 Å². The maximum atomic E-state index is 6.54. The van der Waals surface area contributed by atoms with Crippen molar-refractivity contribution in [1.82, 2.24) is 0 Å². The zero-order valence-corrected chi connectivity index (χ0v) is 11.1. The molecule has 0 radical (unpaired) electrons. The molecule has 3 rings (SSSR count). The monoisotopic (exact) mass is 245 g/mol. The minimum Gasteiger partial charge on any atom is -0.325 e. The van der Waals surface area contributed by atoms with E-state index in [0.29, 0.717) is 0 Å². The summed E-state index contributed by atoms with van der Waals surface area (Å²) in [5.41, 5.74) is 8.03. The maximum Gasteiger partial charge on any atom is 0.0345 e. The quantitative estimate of drug-likeness (QED) is 0.851. The van der Waals surface area contributed by atoms with Gasteiger partial charge >= 0.3 is 0 Å². The Balaban J connectivity index is 1.90. The number of nitrogens with two attached hydrogens (primary N) is 1. The molecule has 1 saturated carbocycles. The second-order valence-electron chi connectivity index (χ2n) is 5.64. The van der Waals surface area contributed by atoms with Gasteiger partial charge in [-0.1, -0.05) is 25.1 Å². The summed E-state index contributed by atoms with van der Waals surface area (Å²) in [7, 11) is 0. The van der Waals surface area contributed by atoms with Gasteiger partial charge in [-0.05, 0) is 54.0 Å². The molecular weight excluding hydrogens is 226 g/mol. The minimum absolute atomic E-state index is 0.0449. The van der Waals surface area contributed by atoms with E-state index in [2.05, 4.69) is 36.6 Å². The molecule has 2 heteroatoms. The summed E-state index contributed by atoms with van der Waals surface area (Å²) in [6.07, 6.45) is 4.69. The molecule has 0 spiro atoms. The first-order valence-electron chi connectivity index (χ1n) is 6.40. The summed E-state index contributed by atoms with van der Waals surface area (Å²) in [4.78, 5) is 0. The van der Waals surface area contributed by atoms with E-state index in [9.17, 15) is 0 Å². The largest absolute Gasteiger partial charge is 0.325 e. The third kappa shape index (κ3) is 2.12. The molecule has 2 unspecified atom stereocenters. The number of benzene rings is 1. The van der Waals surface area contributed by atoms with Gasteiger partial charge in [0.15, 0.2) is 0 Å². The van der Waals surface area contributed by atoms with Gasteiger partial charge in [0, 0.05) is 10.2 Å². The van der Waals surface area contributed by atoms with Crippen LogP contribution in [0.1, 0.15) is 31.7 Å². The topological polar surface area (TPSA) is 26.0 Å². The van der Waals surface area contributed by atoms with E-state index in [-0.39, 0.29) is 5.54 Å². The fraction of sp³-hybridized carbons (Fsp3) is 0.467. The summed E-state index contributed by atoms with van der Waals surface area (Å²) in [5.74, 6) is 0.796. The highest BCUT2D eigenvalue weighted by Gasteiger charge is 2.34. The van der Waals surface area contributed by atoms with Gasteiger partial charge in [-0.15, -0.1) is 11.3 Å². The zero-order valence-electron chi connectivity index (χ0n) is 10.3.